The van der Waals surface area contributed by atoms with Crippen LogP contribution in [0.15, 0.2) is 72.8 Å². The standard InChI is InChI=1S/C26H12F6/c27-16-8-4-7-15-21(13-5-2-1-3-6-13)24-17(28)9-10-18(29)25(24)22(23(15)16)14-11-19(30)26(32)20(31)12-14/h1-12H. The van der Waals surface area contributed by atoms with Gasteiger partial charge < -0.3 is 0 Å². The minimum atomic E-state index is -1.71. The zero-order chi connectivity index (χ0) is 22.6. The van der Waals surface area contributed by atoms with E-state index in [9.17, 15) is 13.2 Å². The molecule has 0 heterocycles. The summed E-state index contributed by atoms with van der Waals surface area (Å²) in [6, 6.07) is 15.6. The van der Waals surface area contributed by atoms with Crippen LogP contribution in [0.2, 0.25) is 0 Å². The van der Waals surface area contributed by atoms with Gasteiger partial charge in [0.1, 0.15) is 17.5 Å². The molecule has 158 valence electrons. The van der Waals surface area contributed by atoms with Gasteiger partial charge in [-0.1, -0.05) is 42.5 Å². The lowest BCUT2D eigenvalue weighted by molar-refractivity contribution is 0.448. The number of hydrogen-bond acceptors (Lipinski definition) is 0. The van der Waals surface area contributed by atoms with Crippen molar-refractivity contribution in [2.24, 2.45) is 0 Å². The summed E-state index contributed by atoms with van der Waals surface area (Å²) in [4.78, 5) is 0. The summed E-state index contributed by atoms with van der Waals surface area (Å²) in [5.74, 6) is -7.27. The molecule has 0 unspecified atom stereocenters. The van der Waals surface area contributed by atoms with E-state index in [4.69, 9.17) is 0 Å². The van der Waals surface area contributed by atoms with Gasteiger partial charge in [0.2, 0.25) is 0 Å². The lowest BCUT2D eigenvalue weighted by Gasteiger charge is -2.19. The van der Waals surface area contributed by atoms with Crippen LogP contribution in [0.1, 0.15) is 0 Å². The van der Waals surface area contributed by atoms with Gasteiger partial charge >= 0.3 is 0 Å². The lowest BCUT2D eigenvalue weighted by atomic mass is 9.85. The predicted octanol–water partition coefficient (Wildman–Crippen LogP) is 8.16. The Bertz CT molecular complexity index is 1500. The fraction of sp³-hybridized carbons (Fsp3) is 0. The van der Waals surface area contributed by atoms with Gasteiger partial charge in [0.05, 0.1) is 0 Å². The van der Waals surface area contributed by atoms with Crippen LogP contribution in [-0.4, -0.2) is 0 Å². The molecule has 6 heteroatoms. The normalized spacial score (nSPS) is 11.4. The van der Waals surface area contributed by atoms with Gasteiger partial charge in [0.25, 0.3) is 0 Å². The molecule has 5 rings (SSSR count). The first-order chi connectivity index (χ1) is 15.4. The van der Waals surface area contributed by atoms with Crippen LogP contribution in [0.25, 0.3) is 43.8 Å². The summed E-state index contributed by atoms with van der Waals surface area (Å²) in [5, 5.41) is -0.469. The average Bonchev–Trinajstić information content (AvgIpc) is 2.79. The number of halogens is 6. The third-order valence-electron chi connectivity index (χ3n) is 5.47. The Morgan fingerprint density at radius 3 is 1.59 bits per heavy atom. The second kappa shape index (κ2) is 7.41. The second-order valence-electron chi connectivity index (χ2n) is 7.31. The molecule has 0 aliphatic heterocycles. The first-order valence-corrected chi connectivity index (χ1v) is 9.60. The van der Waals surface area contributed by atoms with Crippen molar-refractivity contribution in [3.05, 3.63) is 108 Å². The number of benzene rings is 5. The second-order valence-corrected chi connectivity index (χ2v) is 7.31. The molecule has 0 amide bonds. The maximum absolute atomic E-state index is 15.2. The molecule has 0 atom stereocenters. The highest BCUT2D eigenvalue weighted by molar-refractivity contribution is 6.21. The molecule has 5 aromatic carbocycles. The molecule has 0 nitrogen and oxygen atoms in total. The van der Waals surface area contributed by atoms with E-state index >= 15 is 13.2 Å². The maximum atomic E-state index is 15.2. The number of rotatable bonds is 2. The van der Waals surface area contributed by atoms with Gasteiger partial charge in [-0.2, -0.15) is 0 Å². The molecule has 0 saturated heterocycles. The van der Waals surface area contributed by atoms with E-state index in [1.54, 1.807) is 30.3 Å². The zero-order valence-electron chi connectivity index (χ0n) is 16.2. The van der Waals surface area contributed by atoms with Gasteiger partial charge in [-0.05, 0) is 46.8 Å². The lowest BCUT2D eigenvalue weighted by Crippen LogP contribution is -1.99. The van der Waals surface area contributed by atoms with E-state index in [0.29, 0.717) is 17.7 Å². The summed E-state index contributed by atoms with van der Waals surface area (Å²) >= 11 is 0. The van der Waals surface area contributed by atoms with E-state index in [1.807, 2.05) is 0 Å². The van der Waals surface area contributed by atoms with E-state index in [2.05, 4.69) is 0 Å². The zero-order valence-corrected chi connectivity index (χ0v) is 16.2. The Kier molecular flexibility index (Phi) is 4.66. The minimum absolute atomic E-state index is 0.159. The Hall–Kier alpha value is -3.80. The van der Waals surface area contributed by atoms with Crippen LogP contribution in [-0.2, 0) is 0 Å². The van der Waals surface area contributed by atoms with Crippen molar-refractivity contribution in [3.8, 4) is 22.3 Å². The monoisotopic (exact) mass is 438 g/mol. The molecule has 32 heavy (non-hydrogen) atoms. The molecule has 5 aromatic rings. The van der Waals surface area contributed by atoms with Crippen molar-refractivity contribution < 1.29 is 26.3 Å². The highest BCUT2D eigenvalue weighted by atomic mass is 19.2. The molecule has 0 radical (unpaired) electrons. The molecule has 0 bridgehead atoms. The predicted molar refractivity (Wildman–Crippen MR) is 112 cm³/mol. The first-order valence-electron chi connectivity index (χ1n) is 9.60. The summed E-state index contributed by atoms with van der Waals surface area (Å²) in [5.41, 5.74) is 0.160. The Labute approximate surface area is 178 Å². The van der Waals surface area contributed by atoms with Crippen LogP contribution in [0.3, 0.4) is 0 Å². The van der Waals surface area contributed by atoms with Crippen molar-refractivity contribution >= 4 is 21.5 Å². The molecule has 0 aliphatic rings. The van der Waals surface area contributed by atoms with Crippen LogP contribution in [0.5, 0.6) is 0 Å². The first kappa shape index (κ1) is 20.1. The summed E-state index contributed by atoms with van der Waals surface area (Å²) in [6.07, 6.45) is 0. The van der Waals surface area contributed by atoms with Crippen LogP contribution >= 0.6 is 0 Å². The highest BCUT2D eigenvalue weighted by Gasteiger charge is 2.25. The van der Waals surface area contributed by atoms with E-state index in [-0.39, 0.29) is 38.2 Å². The van der Waals surface area contributed by atoms with Crippen LogP contribution < -0.4 is 0 Å². The van der Waals surface area contributed by atoms with Crippen LogP contribution in [0.4, 0.5) is 26.3 Å². The average molecular weight is 438 g/mol. The van der Waals surface area contributed by atoms with Gasteiger partial charge in [-0.3, -0.25) is 0 Å². The molecular weight excluding hydrogens is 426 g/mol. The van der Waals surface area contributed by atoms with Crippen molar-refractivity contribution in [1.29, 1.82) is 0 Å². The third kappa shape index (κ3) is 2.94. The quantitative estimate of drug-likeness (QED) is 0.148. The minimum Gasteiger partial charge on any atom is -0.206 e. The van der Waals surface area contributed by atoms with Crippen molar-refractivity contribution in [3.63, 3.8) is 0 Å². The van der Waals surface area contributed by atoms with Gasteiger partial charge in [-0.15, -0.1) is 0 Å². The Balaban J connectivity index is 2.11. The smallest absolute Gasteiger partial charge is 0.194 e. The van der Waals surface area contributed by atoms with Crippen molar-refractivity contribution in [2.75, 3.05) is 0 Å². The van der Waals surface area contributed by atoms with Crippen molar-refractivity contribution in [2.45, 2.75) is 0 Å². The molecule has 0 spiro atoms. The molecule has 0 aliphatic carbocycles. The molecule has 0 saturated carbocycles. The largest absolute Gasteiger partial charge is 0.206 e. The summed E-state index contributed by atoms with van der Waals surface area (Å²) < 4.78 is 87.3. The fourth-order valence-electron chi connectivity index (χ4n) is 4.18. The Morgan fingerprint density at radius 1 is 0.406 bits per heavy atom. The Morgan fingerprint density at radius 2 is 0.969 bits per heavy atom. The summed E-state index contributed by atoms with van der Waals surface area (Å²) in [7, 11) is 0. The van der Waals surface area contributed by atoms with E-state index in [1.165, 1.54) is 12.1 Å². The molecule has 0 aromatic heterocycles. The molecule has 0 N–H and O–H groups in total. The van der Waals surface area contributed by atoms with Crippen LogP contribution in [0, 0.1) is 34.9 Å². The van der Waals surface area contributed by atoms with Crippen molar-refractivity contribution in [1.82, 2.24) is 0 Å². The highest BCUT2D eigenvalue weighted by Crippen LogP contribution is 2.46. The maximum Gasteiger partial charge on any atom is 0.194 e. The summed E-state index contributed by atoms with van der Waals surface area (Å²) in [6.45, 7) is 0. The SMILES string of the molecule is Fc1cc(-c2c3c(F)cccc3c(-c3ccccc3)c3c(F)ccc(F)c23)cc(F)c1F. The fourth-order valence-corrected chi connectivity index (χ4v) is 4.18. The van der Waals surface area contributed by atoms with E-state index in [0.717, 1.165) is 18.2 Å². The van der Waals surface area contributed by atoms with Gasteiger partial charge in [0.15, 0.2) is 17.5 Å². The number of hydrogen-bond donors (Lipinski definition) is 0. The number of fused-ring (bicyclic) bond motifs is 2. The van der Waals surface area contributed by atoms with E-state index < -0.39 is 34.9 Å². The topological polar surface area (TPSA) is 0 Å². The molecule has 0 fully saturated rings. The van der Waals surface area contributed by atoms with Gasteiger partial charge in [-0.25, -0.2) is 26.3 Å². The third-order valence-corrected chi connectivity index (χ3v) is 5.47. The molecular formula is C26H12F6. The van der Waals surface area contributed by atoms with Gasteiger partial charge in [0, 0.05) is 27.3 Å².